The first-order valence-corrected chi connectivity index (χ1v) is 9.95. The molecule has 0 spiro atoms. The first-order chi connectivity index (χ1) is 13.9. The van der Waals surface area contributed by atoms with E-state index in [1.54, 1.807) is 0 Å². The second-order valence-corrected chi connectivity index (χ2v) is 8.13. The average Bonchev–Trinajstić information content (AvgIpc) is 3.20. The summed E-state index contributed by atoms with van der Waals surface area (Å²) in [5, 5.41) is 1.10. The van der Waals surface area contributed by atoms with Crippen molar-refractivity contribution in [1.82, 2.24) is 9.47 Å². The van der Waals surface area contributed by atoms with Gasteiger partial charge >= 0.3 is 0 Å². The van der Waals surface area contributed by atoms with Gasteiger partial charge in [-0.15, -0.1) is 0 Å². The molecule has 0 bridgehead atoms. The zero-order valence-electron chi connectivity index (χ0n) is 17.2. The molecule has 2 aromatic carbocycles. The molecule has 0 radical (unpaired) electrons. The number of nitrogens with zero attached hydrogens (tertiary/aromatic N) is 2. The number of para-hydroxylation sites is 1. The highest BCUT2D eigenvalue weighted by molar-refractivity contribution is 6.15. The molecule has 1 aromatic heterocycles. The van der Waals surface area contributed by atoms with Crippen LogP contribution in [0.1, 0.15) is 40.9 Å². The number of aryl methyl sites for hydroxylation is 1. The molecule has 5 rings (SSSR count). The van der Waals surface area contributed by atoms with Crippen molar-refractivity contribution in [3.8, 4) is 11.5 Å². The molecule has 0 unspecified atom stereocenters. The molecule has 5 nitrogen and oxygen atoms in total. The number of benzene rings is 2. The van der Waals surface area contributed by atoms with Gasteiger partial charge in [0.25, 0.3) is 0 Å². The lowest BCUT2D eigenvalue weighted by atomic mass is 9.99. The number of aromatic nitrogens is 1. The molecule has 2 aliphatic rings. The Morgan fingerprint density at radius 2 is 1.97 bits per heavy atom. The Morgan fingerprint density at radius 1 is 1.17 bits per heavy atom. The van der Waals surface area contributed by atoms with Crippen LogP contribution in [0.3, 0.4) is 0 Å². The lowest BCUT2D eigenvalue weighted by Crippen LogP contribution is -2.37. The van der Waals surface area contributed by atoms with E-state index in [4.69, 9.17) is 9.47 Å². The Kier molecular flexibility index (Phi) is 4.03. The summed E-state index contributed by atoms with van der Waals surface area (Å²) in [6, 6.07) is 10.5. The van der Waals surface area contributed by atoms with E-state index in [0.29, 0.717) is 29.8 Å². The quantitative estimate of drug-likeness (QED) is 0.599. The predicted octanol–water partition coefficient (Wildman–Crippen LogP) is 4.66. The second kappa shape index (κ2) is 6.49. The Morgan fingerprint density at radius 3 is 2.76 bits per heavy atom. The standard InChI is InChI=1S/C24H24N2O3/c1-14(2)26-12-17-9-19-22(27)21(29-24(19)15(3)23(17)28-13-26)10-16-11-25(4)20-8-6-5-7-18(16)20/h5-11,14H,12-13H2,1-4H3/b21-10-. The van der Waals surface area contributed by atoms with Crippen LogP contribution in [0.5, 0.6) is 11.5 Å². The molecular formula is C24H24N2O3. The summed E-state index contributed by atoms with van der Waals surface area (Å²) in [5.41, 5.74) is 4.67. The van der Waals surface area contributed by atoms with E-state index in [1.807, 2.05) is 44.4 Å². The molecule has 0 atom stereocenters. The van der Waals surface area contributed by atoms with E-state index in [-0.39, 0.29) is 5.78 Å². The second-order valence-electron chi connectivity index (χ2n) is 8.13. The van der Waals surface area contributed by atoms with Gasteiger partial charge in [-0.05, 0) is 39.0 Å². The molecule has 0 saturated heterocycles. The third kappa shape index (κ3) is 2.76. The minimum absolute atomic E-state index is 0.0690. The highest BCUT2D eigenvalue weighted by atomic mass is 16.5. The van der Waals surface area contributed by atoms with Crippen LogP contribution in [0.15, 0.2) is 42.3 Å². The number of hydrogen-bond donors (Lipinski definition) is 0. The van der Waals surface area contributed by atoms with E-state index in [9.17, 15) is 4.79 Å². The van der Waals surface area contributed by atoms with Crippen LogP contribution in [-0.4, -0.2) is 28.0 Å². The number of carbonyl (C=O) groups excluding carboxylic acids is 1. The Hall–Kier alpha value is -3.05. The van der Waals surface area contributed by atoms with Crippen LogP contribution in [0, 0.1) is 6.92 Å². The smallest absolute Gasteiger partial charge is 0.231 e. The van der Waals surface area contributed by atoms with Crippen molar-refractivity contribution in [2.75, 3.05) is 6.73 Å². The van der Waals surface area contributed by atoms with Crippen LogP contribution in [-0.2, 0) is 13.6 Å². The van der Waals surface area contributed by atoms with Crippen molar-refractivity contribution in [3.05, 3.63) is 64.5 Å². The van der Waals surface area contributed by atoms with Crippen LogP contribution in [0.4, 0.5) is 0 Å². The van der Waals surface area contributed by atoms with Gasteiger partial charge in [-0.25, -0.2) is 0 Å². The predicted molar refractivity (Wildman–Crippen MR) is 113 cm³/mol. The van der Waals surface area contributed by atoms with Crippen molar-refractivity contribution in [2.45, 2.75) is 33.4 Å². The summed E-state index contributed by atoms with van der Waals surface area (Å²) in [6.07, 6.45) is 3.88. The third-order valence-electron chi connectivity index (χ3n) is 5.91. The van der Waals surface area contributed by atoms with Gasteiger partial charge < -0.3 is 14.0 Å². The third-order valence-corrected chi connectivity index (χ3v) is 5.91. The number of fused-ring (bicyclic) bond motifs is 3. The number of hydrogen-bond acceptors (Lipinski definition) is 4. The molecule has 0 fully saturated rings. The van der Waals surface area contributed by atoms with Crippen LogP contribution < -0.4 is 9.47 Å². The Balaban J connectivity index is 1.56. The molecule has 2 aliphatic heterocycles. The number of carbonyl (C=O) groups is 1. The first kappa shape index (κ1) is 18.0. The maximum Gasteiger partial charge on any atom is 0.231 e. The van der Waals surface area contributed by atoms with Gasteiger partial charge in [-0.2, -0.15) is 0 Å². The van der Waals surface area contributed by atoms with Crippen molar-refractivity contribution < 1.29 is 14.3 Å². The average molecular weight is 388 g/mol. The lowest BCUT2D eigenvalue weighted by Gasteiger charge is -2.32. The fourth-order valence-electron chi connectivity index (χ4n) is 4.23. The fraction of sp³-hybridized carbons (Fsp3) is 0.292. The summed E-state index contributed by atoms with van der Waals surface area (Å²) in [5.74, 6) is 1.76. The SMILES string of the molecule is Cc1c2c(cc3c1O/C(=C\c1cn(C)c4ccccc14)C3=O)CN(C(C)C)CO2. The summed E-state index contributed by atoms with van der Waals surface area (Å²) in [7, 11) is 2.01. The number of allylic oxidation sites excluding steroid dienone is 1. The lowest BCUT2D eigenvalue weighted by molar-refractivity contribution is 0.0678. The molecule has 29 heavy (non-hydrogen) atoms. The van der Waals surface area contributed by atoms with Crippen molar-refractivity contribution >= 4 is 22.8 Å². The number of ketones is 1. The van der Waals surface area contributed by atoms with E-state index >= 15 is 0 Å². The number of Topliss-reactive ketones (excluding diaryl/α,β-unsaturated/α-hetero) is 1. The maximum atomic E-state index is 13.1. The first-order valence-electron chi connectivity index (χ1n) is 9.95. The summed E-state index contributed by atoms with van der Waals surface area (Å²) >= 11 is 0. The zero-order valence-corrected chi connectivity index (χ0v) is 17.2. The molecule has 0 aliphatic carbocycles. The van der Waals surface area contributed by atoms with Gasteiger partial charge in [0.2, 0.25) is 5.78 Å². The summed E-state index contributed by atoms with van der Waals surface area (Å²) in [4.78, 5) is 15.4. The van der Waals surface area contributed by atoms with Crippen LogP contribution in [0.25, 0.3) is 17.0 Å². The van der Waals surface area contributed by atoms with E-state index in [1.165, 1.54) is 0 Å². The monoisotopic (exact) mass is 388 g/mol. The summed E-state index contributed by atoms with van der Waals surface area (Å²) < 4.78 is 14.1. The molecular weight excluding hydrogens is 364 g/mol. The van der Waals surface area contributed by atoms with E-state index in [2.05, 4.69) is 35.4 Å². The number of rotatable bonds is 2. The topological polar surface area (TPSA) is 43.7 Å². The number of ether oxygens (including phenoxy) is 2. The maximum absolute atomic E-state index is 13.1. The molecule has 5 heteroatoms. The molecule has 148 valence electrons. The van der Waals surface area contributed by atoms with Crippen molar-refractivity contribution in [1.29, 1.82) is 0 Å². The van der Waals surface area contributed by atoms with Gasteiger partial charge in [0.15, 0.2) is 5.76 Å². The zero-order chi connectivity index (χ0) is 20.3. The minimum atomic E-state index is -0.0690. The van der Waals surface area contributed by atoms with E-state index in [0.717, 1.165) is 39.9 Å². The van der Waals surface area contributed by atoms with E-state index < -0.39 is 0 Å². The van der Waals surface area contributed by atoms with Gasteiger partial charge in [-0.3, -0.25) is 9.69 Å². The van der Waals surface area contributed by atoms with Gasteiger partial charge in [0.05, 0.1) is 5.56 Å². The normalized spacial score (nSPS) is 17.6. The Labute approximate surface area is 170 Å². The van der Waals surface area contributed by atoms with Gasteiger partial charge in [-0.1, -0.05) is 18.2 Å². The molecule has 0 saturated carbocycles. The fourth-order valence-corrected chi connectivity index (χ4v) is 4.23. The minimum Gasteiger partial charge on any atom is -0.477 e. The van der Waals surface area contributed by atoms with Crippen LogP contribution in [0.2, 0.25) is 0 Å². The highest BCUT2D eigenvalue weighted by Gasteiger charge is 2.34. The Bertz CT molecular complexity index is 1190. The molecule has 0 amide bonds. The largest absolute Gasteiger partial charge is 0.477 e. The molecule has 3 heterocycles. The van der Waals surface area contributed by atoms with Gasteiger partial charge in [0.1, 0.15) is 18.2 Å². The van der Waals surface area contributed by atoms with Crippen molar-refractivity contribution in [2.24, 2.45) is 7.05 Å². The van der Waals surface area contributed by atoms with Crippen molar-refractivity contribution in [3.63, 3.8) is 0 Å². The van der Waals surface area contributed by atoms with Gasteiger partial charge in [0, 0.05) is 53.4 Å². The van der Waals surface area contributed by atoms with Crippen LogP contribution >= 0.6 is 0 Å². The molecule has 3 aromatic rings. The summed E-state index contributed by atoms with van der Waals surface area (Å²) in [6.45, 7) is 7.59. The molecule has 0 N–H and O–H groups in total. The highest BCUT2D eigenvalue weighted by Crippen LogP contribution is 2.43.